The van der Waals surface area contributed by atoms with Gasteiger partial charge in [-0.2, -0.15) is 0 Å². The van der Waals surface area contributed by atoms with Crippen molar-refractivity contribution in [2.75, 3.05) is 13.7 Å². The summed E-state index contributed by atoms with van der Waals surface area (Å²) in [6, 6.07) is 18.4. The van der Waals surface area contributed by atoms with Crippen molar-refractivity contribution in [2.45, 2.75) is 18.9 Å². The second-order valence-electron chi connectivity index (χ2n) is 7.62. The zero-order valence-electron chi connectivity index (χ0n) is 16.4. The highest BCUT2D eigenvalue weighted by Crippen LogP contribution is 2.46. The molecule has 2 aromatic rings. The molecule has 1 unspecified atom stereocenters. The summed E-state index contributed by atoms with van der Waals surface area (Å²) in [6.07, 6.45) is 5.47. The lowest BCUT2D eigenvalue weighted by Gasteiger charge is -2.41. The maximum absolute atomic E-state index is 13.0. The van der Waals surface area contributed by atoms with E-state index >= 15 is 0 Å². The average Bonchev–Trinajstić information content (AvgIpc) is 2.98. The van der Waals surface area contributed by atoms with Crippen molar-refractivity contribution in [1.82, 2.24) is 4.90 Å². The molecule has 2 aromatic carbocycles. The molecule has 0 saturated carbocycles. The number of ether oxygens (including phenoxy) is 2. The summed E-state index contributed by atoms with van der Waals surface area (Å²) in [6.45, 7) is 2.52. The van der Waals surface area contributed by atoms with Gasteiger partial charge in [0.25, 0.3) is 0 Å². The third kappa shape index (κ3) is 3.56. The second-order valence-corrected chi connectivity index (χ2v) is 7.62. The first-order valence-corrected chi connectivity index (χ1v) is 9.60. The predicted octanol–water partition coefficient (Wildman–Crippen LogP) is 4.33. The molecule has 2 heterocycles. The Hall–Kier alpha value is -3.34. The SMILES string of the molecule is COC(=O)C1=CC(c2ccccc2)[C@]2(C)C=C[C@H]1N(C(=O)Oc1ccccc1)C2. The zero-order chi connectivity index (χ0) is 20.4. The van der Waals surface area contributed by atoms with Gasteiger partial charge in [0.1, 0.15) is 5.75 Å². The molecule has 3 aliphatic rings. The predicted molar refractivity (Wildman–Crippen MR) is 109 cm³/mol. The summed E-state index contributed by atoms with van der Waals surface area (Å²) in [5.41, 5.74) is 1.15. The van der Waals surface area contributed by atoms with Crippen molar-refractivity contribution in [3.63, 3.8) is 0 Å². The van der Waals surface area contributed by atoms with Gasteiger partial charge in [0.2, 0.25) is 0 Å². The Morgan fingerprint density at radius 1 is 1.03 bits per heavy atom. The van der Waals surface area contributed by atoms with Crippen molar-refractivity contribution < 1.29 is 19.1 Å². The van der Waals surface area contributed by atoms with Gasteiger partial charge in [-0.05, 0) is 17.7 Å². The van der Waals surface area contributed by atoms with Crippen molar-refractivity contribution in [1.29, 1.82) is 0 Å². The standard InChI is InChI=1S/C24H23NO4/c1-24-14-13-21(25(16-24)23(27)29-18-11-7-4-8-12-18)19(22(26)28-2)15-20(24)17-9-5-3-6-10-17/h3-15,20-21H,16H2,1-2H3/t20?,21-,24-/m1/s1. The number of fused-ring (bicyclic) bond motifs is 2. The summed E-state index contributed by atoms with van der Waals surface area (Å²) < 4.78 is 10.6. The first kappa shape index (κ1) is 19.0. The second kappa shape index (κ2) is 7.59. The summed E-state index contributed by atoms with van der Waals surface area (Å²) >= 11 is 0. The van der Waals surface area contributed by atoms with E-state index in [0.717, 1.165) is 5.56 Å². The van der Waals surface area contributed by atoms with Crippen LogP contribution in [0.5, 0.6) is 5.75 Å². The van der Waals surface area contributed by atoms with Crippen LogP contribution in [0.1, 0.15) is 18.4 Å². The molecule has 0 fully saturated rings. The van der Waals surface area contributed by atoms with E-state index in [4.69, 9.17) is 9.47 Å². The number of amides is 1. The molecule has 0 radical (unpaired) electrons. The van der Waals surface area contributed by atoms with Gasteiger partial charge in [0.05, 0.1) is 18.7 Å². The van der Waals surface area contributed by atoms with Crippen LogP contribution < -0.4 is 4.74 Å². The highest BCUT2D eigenvalue weighted by Gasteiger charge is 2.46. The Kier molecular flexibility index (Phi) is 4.97. The quantitative estimate of drug-likeness (QED) is 0.579. The lowest BCUT2D eigenvalue weighted by molar-refractivity contribution is -0.136. The molecule has 1 aliphatic carbocycles. The van der Waals surface area contributed by atoms with Gasteiger partial charge in [0.15, 0.2) is 0 Å². The van der Waals surface area contributed by atoms with Gasteiger partial charge in [-0.15, -0.1) is 0 Å². The van der Waals surface area contributed by atoms with Crippen LogP contribution in [-0.2, 0) is 9.53 Å². The van der Waals surface area contributed by atoms with E-state index < -0.39 is 18.1 Å². The molecule has 1 amide bonds. The Bertz CT molecular complexity index is 967. The summed E-state index contributed by atoms with van der Waals surface area (Å²) in [7, 11) is 1.36. The number of nitrogens with zero attached hydrogens (tertiary/aromatic N) is 1. The van der Waals surface area contributed by atoms with E-state index in [1.54, 1.807) is 17.0 Å². The Morgan fingerprint density at radius 3 is 2.34 bits per heavy atom. The molecule has 3 atom stereocenters. The van der Waals surface area contributed by atoms with Gasteiger partial charge < -0.3 is 9.47 Å². The van der Waals surface area contributed by atoms with E-state index in [1.807, 2.05) is 60.7 Å². The molecule has 5 rings (SSSR count). The molecule has 0 saturated heterocycles. The fraction of sp³-hybridized carbons (Fsp3) is 0.250. The van der Waals surface area contributed by atoms with Gasteiger partial charge in [-0.3, -0.25) is 4.90 Å². The molecular formula is C24H23NO4. The van der Waals surface area contributed by atoms with Crippen LogP contribution in [0, 0.1) is 5.41 Å². The maximum atomic E-state index is 13.0. The first-order chi connectivity index (χ1) is 14.0. The largest absolute Gasteiger partial charge is 0.466 e. The fourth-order valence-electron chi connectivity index (χ4n) is 4.15. The molecule has 5 heteroatoms. The van der Waals surface area contributed by atoms with Gasteiger partial charge in [-0.1, -0.05) is 73.7 Å². The van der Waals surface area contributed by atoms with E-state index in [1.165, 1.54) is 7.11 Å². The highest BCUT2D eigenvalue weighted by atomic mass is 16.6. The molecule has 2 aliphatic heterocycles. The highest BCUT2D eigenvalue weighted by molar-refractivity contribution is 5.92. The molecule has 2 bridgehead atoms. The van der Waals surface area contributed by atoms with Gasteiger partial charge in [0, 0.05) is 17.9 Å². The topological polar surface area (TPSA) is 55.8 Å². The minimum absolute atomic E-state index is 0.0754. The van der Waals surface area contributed by atoms with Crippen LogP contribution in [0.15, 0.2) is 84.5 Å². The van der Waals surface area contributed by atoms with Gasteiger partial charge in [-0.25, -0.2) is 9.59 Å². The van der Waals surface area contributed by atoms with E-state index in [2.05, 4.69) is 13.0 Å². The third-order valence-corrected chi connectivity index (χ3v) is 5.64. The number of para-hydroxylation sites is 1. The zero-order valence-corrected chi connectivity index (χ0v) is 16.4. The lowest BCUT2D eigenvalue weighted by Crippen LogP contribution is -2.50. The lowest BCUT2D eigenvalue weighted by atomic mass is 9.72. The van der Waals surface area contributed by atoms with Crippen LogP contribution in [0.3, 0.4) is 0 Å². The molecule has 148 valence electrons. The number of benzene rings is 2. The average molecular weight is 389 g/mol. The minimum atomic E-state index is -0.527. The first-order valence-electron chi connectivity index (χ1n) is 9.60. The fourth-order valence-corrected chi connectivity index (χ4v) is 4.15. The monoisotopic (exact) mass is 389 g/mol. The smallest absolute Gasteiger partial charge is 0.416 e. The molecule has 0 spiro atoms. The minimum Gasteiger partial charge on any atom is -0.466 e. The normalized spacial score (nSPS) is 25.2. The summed E-state index contributed by atoms with van der Waals surface area (Å²) in [4.78, 5) is 27.3. The number of hydrogen-bond acceptors (Lipinski definition) is 4. The third-order valence-electron chi connectivity index (χ3n) is 5.64. The maximum Gasteiger partial charge on any atom is 0.416 e. The van der Waals surface area contributed by atoms with E-state index in [0.29, 0.717) is 17.9 Å². The number of esters is 1. The molecule has 0 N–H and O–H groups in total. The number of methoxy groups -OCH3 is 1. The summed E-state index contributed by atoms with van der Waals surface area (Å²) in [5.74, 6) is -0.0484. The van der Waals surface area contributed by atoms with Crippen LogP contribution in [0.2, 0.25) is 0 Å². The van der Waals surface area contributed by atoms with E-state index in [9.17, 15) is 9.59 Å². The Balaban J connectivity index is 1.73. The molecular weight excluding hydrogens is 366 g/mol. The molecule has 0 aromatic heterocycles. The number of carbonyl (C=O) groups is 2. The molecule has 5 nitrogen and oxygen atoms in total. The number of rotatable bonds is 3. The summed E-state index contributed by atoms with van der Waals surface area (Å²) in [5, 5.41) is 0. The number of carbonyl (C=O) groups excluding carboxylic acids is 2. The van der Waals surface area contributed by atoms with E-state index in [-0.39, 0.29) is 11.3 Å². The number of allylic oxidation sites excluding steroid dienone is 1. The van der Waals surface area contributed by atoms with Crippen molar-refractivity contribution >= 4 is 12.1 Å². The molecule has 29 heavy (non-hydrogen) atoms. The van der Waals surface area contributed by atoms with Crippen molar-refractivity contribution in [3.8, 4) is 5.75 Å². The Labute approximate surface area is 170 Å². The van der Waals surface area contributed by atoms with Crippen LogP contribution in [0.25, 0.3) is 0 Å². The number of hydrogen-bond donors (Lipinski definition) is 0. The van der Waals surface area contributed by atoms with Crippen molar-refractivity contribution in [2.24, 2.45) is 5.41 Å². The Morgan fingerprint density at radius 2 is 1.69 bits per heavy atom. The van der Waals surface area contributed by atoms with Gasteiger partial charge >= 0.3 is 12.1 Å². The van der Waals surface area contributed by atoms with Crippen LogP contribution in [-0.4, -0.2) is 36.7 Å². The van der Waals surface area contributed by atoms with Crippen LogP contribution in [0.4, 0.5) is 4.79 Å². The van der Waals surface area contributed by atoms with Crippen LogP contribution >= 0.6 is 0 Å². The van der Waals surface area contributed by atoms with Crippen molar-refractivity contribution in [3.05, 3.63) is 90.0 Å².